The zero-order chi connectivity index (χ0) is 44.3. The minimum atomic E-state index is -1.55. The number of allylic oxidation sites excluding steroid dienone is 14. The van der Waals surface area contributed by atoms with Gasteiger partial charge in [0.05, 0.1) is 19.8 Å². The molecule has 4 N–H and O–H groups in total. The summed E-state index contributed by atoms with van der Waals surface area (Å²) in [5.74, 6) is -0.334. The van der Waals surface area contributed by atoms with Crippen LogP contribution < -0.4 is 0 Å². The Morgan fingerprint density at radius 1 is 0.541 bits per heavy atom. The Hall–Kier alpha value is -2.63. The minimum Gasteiger partial charge on any atom is -0.457 e. The van der Waals surface area contributed by atoms with E-state index in [4.69, 9.17) is 18.9 Å². The van der Waals surface area contributed by atoms with Gasteiger partial charge in [-0.05, 0) is 89.9 Å². The molecule has 1 rings (SSSR count). The van der Waals surface area contributed by atoms with Crippen LogP contribution in [0.3, 0.4) is 0 Å². The molecule has 9 heteroatoms. The number of unbranched alkanes of at least 4 members (excludes halogenated alkanes) is 15. The van der Waals surface area contributed by atoms with E-state index in [9.17, 15) is 25.2 Å². The summed E-state index contributed by atoms with van der Waals surface area (Å²) in [7, 11) is 0. The second-order valence-electron chi connectivity index (χ2n) is 16.2. The molecule has 1 aliphatic heterocycles. The van der Waals surface area contributed by atoms with Crippen LogP contribution in [0.1, 0.15) is 174 Å². The van der Waals surface area contributed by atoms with Crippen molar-refractivity contribution in [2.24, 2.45) is 0 Å². The van der Waals surface area contributed by atoms with E-state index < -0.39 is 43.4 Å². The van der Waals surface area contributed by atoms with Gasteiger partial charge in [-0.2, -0.15) is 0 Å². The van der Waals surface area contributed by atoms with Crippen LogP contribution in [0.5, 0.6) is 0 Å². The molecular formula is C52H88O9. The Balaban J connectivity index is 2.25. The molecule has 0 aromatic rings. The van der Waals surface area contributed by atoms with Gasteiger partial charge in [-0.15, -0.1) is 0 Å². The van der Waals surface area contributed by atoms with Crippen molar-refractivity contribution in [3.05, 3.63) is 85.1 Å². The molecule has 9 nitrogen and oxygen atoms in total. The molecule has 0 radical (unpaired) electrons. The van der Waals surface area contributed by atoms with Crippen LogP contribution in [0.4, 0.5) is 0 Å². The quantitative estimate of drug-likeness (QED) is 0.0270. The lowest BCUT2D eigenvalue weighted by Gasteiger charge is -2.39. The fourth-order valence-electron chi connectivity index (χ4n) is 6.78. The van der Waals surface area contributed by atoms with Crippen molar-refractivity contribution >= 4 is 5.97 Å². The van der Waals surface area contributed by atoms with Crippen molar-refractivity contribution in [1.29, 1.82) is 0 Å². The van der Waals surface area contributed by atoms with Crippen LogP contribution >= 0.6 is 0 Å². The summed E-state index contributed by atoms with van der Waals surface area (Å²) in [5.41, 5.74) is 0. The number of esters is 1. The first kappa shape index (κ1) is 56.4. The topological polar surface area (TPSA) is 135 Å². The van der Waals surface area contributed by atoms with E-state index in [0.717, 1.165) is 116 Å². The average molecular weight is 857 g/mol. The number of ether oxygens (including phenoxy) is 4. The number of rotatable bonds is 40. The normalized spacial score (nSPS) is 20.7. The fraction of sp³-hybridized carbons (Fsp3) is 0.712. The molecule has 0 spiro atoms. The number of carbonyl (C=O) groups is 1. The van der Waals surface area contributed by atoms with E-state index in [1.807, 2.05) is 0 Å². The van der Waals surface area contributed by atoms with Gasteiger partial charge in [0.25, 0.3) is 0 Å². The third kappa shape index (κ3) is 33.6. The first-order chi connectivity index (χ1) is 29.9. The second kappa shape index (κ2) is 42.7. The van der Waals surface area contributed by atoms with Crippen molar-refractivity contribution in [1.82, 2.24) is 0 Å². The Bertz CT molecular complexity index is 1200. The highest BCUT2D eigenvalue weighted by atomic mass is 16.7. The summed E-state index contributed by atoms with van der Waals surface area (Å²) in [6, 6.07) is 0. The van der Waals surface area contributed by atoms with Crippen LogP contribution in [0, 0.1) is 0 Å². The molecule has 0 bridgehead atoms. The van der Waals surface area contributed by atoms with E-state index >= 15 is 0 Å². The molecule has 61 heavy (non-hydrogen) atoms. The van der Waals surface area contributed by atoms with Gasteiger partial charge in [-0.1, -0.05) is 163 Å². The van der Waals surface area contributed by atoms with Crippen molar-refractivity contribution in [3.63, 3.8) is 0 Å². The molecule has 350 valence electrons. The Labute approximate surface area is 371 Å². The number of hydrogen-bond acceptors (Lipinski definition) is 9. The molecule has 6 atom stereocenters. The van der Waals surface area contributed by atoms with Gasteiger partial charge in [-0.3, -0.25) is 4.79 Å². The van der Waals surface area contributed by atoms with Crippen LogP contribution in [0.2, 0.25) is 0 Å². The molecule has 1 heterocycles. The summed E-state index contributed by atoms with van der Waals surface area (Å²) in [6.45, 7) is 4.36. The zero-order valence-corrected chi connectivity index (χ0v) is 38.4. The predicted octanol–water partition coefficient (Wildman–Crippen LogP) is 11.4. The van der Waals surface area contributed by atoms with Crippen LogP contribution in [-0.2, 0) is 23.7 Å². The van der Waals surface area contributed by atoms with E-state index in [2.05, 4.69) is 98.9 Å². The van der Waals surface area contributed by atoms with Gasteiger partial charge in [0.2, 0.25) is 0 Å². The first-order valence-electron chi connectivity index (χ1n) is 24.2. The van der Waals surface area contributed by atoms with Crippen molar-refractivity contribution in [2.75, 3.05) is 26.4 Å². The van der Waals surface area contributed by atoms with Crippen molar-refractivity contribution in [2.45, 2.75) is 211 Å². The number of aliphatic hydroxyl groups excluding tert-OH is 4. The summed E-state index contributed by atoms with van der Waals surface area (Å²) in [5, 5.41) is 40.2. The molecule has 0 saturated carbocycles. The predicted molar refractivity (Wildman–Crippen MR) is 251 cm³/mol. The summed E-state index contributed by atoms with van der Waals surface area (Å²) >= 11 is 0. The summed E-state index contributed by atoms with van der Waals surface area (Å²) in [6.07, 6.45) is 50.4. The van der Waals surface area contributed by atoms with E-state index in [0.29, 0.717) is 13.0 Å². The minimum absolute atomic E-state index is 0.123. The summed E-state index contributed by atoms with van der Waals surface area (Å²) < 4.78 is 22.8. The Morgan fingerprint density at radius 2 is 1.00 bits per heavy atom. The van der Waals surface area contributed by atoms with Gasteiger partial charge in [-0.25, -0.2) is 0 Å². The smallest absolute Gasteiger partial charge is 0.306 e. The maximum Gasteiger partial charge on any atom is 0.306 e. The van der Waals surface area contributed by atoms with Gasteiger partial charge in [0, 0.05) is 13.0 Å². The lowest BCUT2D eigenvalue weighted by atomic mass is 9.99. The van der Waals surface area contributed by atoms with Crippen molar-refractivity contribution in [3.8, 4) is 0 Å². The fourth-order valence-corrected chi connectivity index (χ4v) is 6.78. The van der Waals surface area contributed by atoms with E-state index in [-0.39, 0.29) is 19.2 Å². The molecule has 1 fully saturated rings. The maximum atomic E-state index is 12.8. The van der Waals surface area contributed by atoms with Crippen LogP contribution in [0.15, 0.2) is 85.1 Å². The number of aliphatic hydroxyl groups is 4. The van der Waals surface area contributed by atoms with E-state index in [1.54, 1.807) is 0 Å². The monoisotopic (exact) mass is 857 g/mol. The SMILES string of the molecule is CC/C=C\C/C=C\C/C=C\C/C=C\C/C=C\C/C=C\CCCCCCCOCC(COC1OC(CO)C(O)C(O)C1O)OC(=O)CCCCCCC/C=C\CCCCCCC. The van der Waals surface area contributed by atoms with Crippen LogP contribution in [0.25, 0.3) is 0 Å². The maximum absolute atomic E-state index is 12.8. The highest BCUT2D eigenvalue weighted by Gasteiger charge is 2.44. The Morgan fingerprint density at radius 3 is 1.52 bits per heavy atom. The average Bonchev–Trinajstić information content (AvgIpc) is 3.26. The summed E-state index contributed by atoms with van der Waals surface area (Å²) in [4.78, 5) is 12.8. The Kier molecular flexibility index (Phi) is 39.4. The van der Waals surface area contributed by atoms with Crippen LogP contribution in [-0.4, -0.2) is 89.6 Å². The zero-order valence-electron chi connectivity index (χ0n) is 38.4. The largest absolute Gasteiger partial charge is 0.457 e. The van der Waals surface area contributed by atoms with E-state index in [1.165, 1.54) is 38.5 Å². The molecule has 1 saturated heterocycles. The van der Waals surface area contributed by atoms with Gasteiger partial charge in [0.1, 0.15) is 30.5 Å². The highest BCUT2D eigenvalue weighted by molar-refractivity contribution is 5.69. The van der Waals surface area contributed by atoms with Gasteiger partial charge in [0.15, 0.2) is 6.29 Å². The number of hydrogen-bond donors (Lipinski definition) is 4. The lowest BCUT2D eigenvalue weighted by molar-refractivity contribution is -0.305. The highest BCUT2D eigenvalue weighted by Crippen LogP contribution is 2.22. The number of carbonyl (C=O) groups excluding carboxylic acids is 1. The molecular weight excluding hydrogens is 769 g/mol. The van der Waals surface area contributed by atoms with Crippen molar-refractivity contribution < 1.29 is 44.2 Å². The van der Waals surface area contributed by atoms with Gasteiger partial charge < -0.3 is 39.4 Å². The molecule has 0 aromatic heterocycles. The third-order valence-electron chi connectivity index (χ3n) is 10.5. The molecule has 1 aliphatic rings. The first-order valence-corrected chi connectivity index (χ1v) is 24.2. The third-order valence-corrected chi connectivity index (χ3v) is 10.5. The molecule has 6 unspecified atom stereocenters. The molecule has 0 amide bonds. The van der Waals surface area contributed by atoms with Gasteiger partial charge >= 0.3 is 5.97 Å². The lowest BCUT2D eigenvalue weighted by Crippen LogP contribution is -2.59. The standard InChI is InChI=1S/C52H88O9/c1-3-5-7-9-11-13-15-17-19-20-21-22-23-24-25-26-27-28-30-32-34-36-38-40-42-58-44-46(45-59-52-51(57)50(56)49(55)47(43-53)61-52)60-48(54)41-39-37-35-33-31-29-18-16-14-12-10-8-6-4-2/h5,7,11,13,16-19,21-22,24-25,27-28,46-47,49-53,55-57H,3-4,6,8-10,12,14-15,20,23,26,29-45H2,1-2H3/b7-5-,13-11-,18-16-,19-17-,22-21-,25-24-,28-27-. The molecule has 0 aliphatic carbocycles. The molecule has 0 aromatic carbocycles. The second-order valence-corrected chi connectivity index (χ2v) is 16.2.